The fourth-order valence-electron chi connectivity index (χ4n) is 2.43. The summed E-state index contributed by atoms with van der Waals surface area (Å²) < 4.78 is 5.38. The van der Waals surface area contributed by atoms with E-state index in [-0.39, 0.29) is 5.91 Å². The largest absolute Gasteiger partial charge is 0.462 e. The van der Waals surface area contributed by atoms with Gasteiger partial charge in [0.1, 0.15) is 11.5 Å². The first-order valence-electron chi connectivity index (χ1n) is 7.25. The highest BCUT2D eigenvalue weighted by Crippen LogP contribution is 2.28. The average Bonchev–Trinajstić information content (AvgIpc) is 2.97. The van der Waals surface area contributed by atoms with Gasteiger partial charge in [0.2, 0.25) is 5.91 Å². The number of hydrogen-bond donors (Lipinski definition) is 1. The SMILES string of the molecule is Cc1ccc(C=CC(=O)Nc2nc3c(s2)CCCCC3)o1. The number of furan rings is 1. The van der Waals surface area contributed by atoms with Crippen LogP contribution in [0.1, 0.15) is 41.4 Å². The van der Waals surface area contributed by atoms with Gasteiger partial charge in [-0.25, -0.2) is 4.98 Å². The van der Waals surface area contributed by atoms with E-state index in [1.807, 2.05) is 19.1 Å². The Kier molecular flexibility index (Phi) is 4.20. The van der Waals surface area contributed by atoms with E-state index in [0.29, 0.717) is 10.9 Å². The maximum Gasteiger partial charge on any atom is 0.250 e. The Morgan fingerprint density at radius 3 is 3.00 bits per heavy atom. The first-order chi connectivity index (χ1) is 10.2. The molecule has 0 aromatic carbocycles. The fourth-order valence-corrected chi connectivity index (χ4v) is 3.48. The number of hydrogen-bond acceptors (Lipinski definition) is 4. The number of amides is 1. The van der Waals surface area contributed by atoms with Gasteiger partial charge in [0.25, 0.3) is 0 Å². The average molecular weight is 302 g/mol. The predicted molar refractivity (Wildman–Crippen MR) is 84.5 cm³/mol. The number of anilines is 1. The third-order valence-electron chi connectivity index (χ3n) is 3.49. The zero-order valence-electron chi connectivity index (χ0n) is 12.0. The van der Waals surface area contributed by atoms with Crippen LogP contribution in [-0.4, -0.2) is 10.9 Å². The molecule has 0 saturated carbocycles. The maximum absolute atomic E-state index is 11.9. The third kappa shape index (κ3) is 3.61. The van der Waals surface area contributed by atoms with Crippen molar-refractivity contribution in [3.63, 3.8) is 0 Å². The van der Waals surface area contributed by atoms with Crippen LogP contribution in [0.25, 0.3) is 6.08 Å². The standard InChI is InChI=1S/C16H18N2O2S/c1-11-7-8-12(20-11)9-10-15(19)18-16-17-13-5-3-2-4-6-14(13)21-16/h7-10H,2-6H2,1H3,(H,17,18,19). The predicted octanol–water partition coefficient (Wildman–Crippen LogP) is 3.97. The zero-order chi connectivity index (χ0) is 14.7. The molecular weight excluding hydrogens is 284 g/mol. The molecule has 3 rings (SSSR count). The molecule has 1 aliphatic carbocycles. The van der Waals surface area contributed by atoms with E-state index in [4.69, 9.17) is 4.42 Å². The molecule has 4 nitrogen and oxygen atoms in total. The van der Waals surface area contributed by atoms with E-state index >= 15 is 0 Å². The molecule has 0 atom stereocenters. The summed E-state index contributed by atoms with van der Waals surface area (Å²) >= 11 is 1.60. The lowest BCUT2D eigenvalue weighted by molar-refractivity contribution is -0.111. The fraction of sp³-hybridized carbons (Fsp3) is 0.375. The van der Waals surface area contributed by atoms with Gasteiger partial charge in [0.15, 0.2) is 5.13 Å². The van der Waals surface area contributed by atoms with Crippen molar-refractivity contribution in [3.8, 4) is 0 Å². The highest BCUT2D eigenvalue weighted by molar-refractivity contribution is 7.15. The number of nitrogens with zero attached hydrogens (tertiary/aromatic N) is 1. The second-order valence-corrected chi connectivity index (χ2v) is 6.30. The van der Waals surface area contributed by atoms with E-state index in [1.165, 1.54) is 35.9 Å². The maximum atomic E-state index is 11.9. The Morgan fingerprint density at radius 2 is 2.19 bits per heavy atom. The first kappa shape index (κ1) is 14.1. The molecule has 1 amide bonds. The second kappa shape index (κ2) is 6.26. The topological polar surface area (TPSA) is 55.1 Å². The van der Waals surface area contributed by atoms with Gasteiger partial charge in [-0.15, -0.1) is 11.3 Å². The van der Waals surface area contributed by atoms with E-state index in [2.05, 4.69) is 10.3 Å². The van der Waals surface area contributed by atoms with Crippen LogP contribution in [0, 0.1) is 6.92 Å². The van der Waals surface area contributed by atoms with Crippen molar-refractivity contribution in [3.05, 3.63) is 40.3 Å². The molecule has 21 heavy (non-hydrogen) atoms. The smallest absolute Gasteiger partial charge is 0.250 e. The summed E-state index contributed by atoms with van der Waals surface area (Å²) in [4.78, 5) is 17.8. The molecule has 1 aliphatic rings. The van der Waals surface area contributed by atoms with Crippen molar-refractivity contribution in [1.82, 2.24) is 4.98 Å². The summed E-state index contributed by atoms with van der Waals surface area (Å²) in [5.74, 6) is 1.34. The monoisotopic (exact) mass is 302 g/mol. The van der Waals surface area contributed by atoms with Crippen LogP contribution >= 0.6 is 11.3 Å². The molecule has 0 fully saturated rings. The van der Waals surface area contributed by atoms with Crippen molar-refractivity contribution in [1.29, 1.82) is 0 Å². The summed E-state index contributed by atoms with van der Waals surface area (Å²) in [6, 6.07) is 3.71. The van der Waals surface area contributed by atoms with Crippen molar-refractivity contribution in [2.75, 3.05) is 5.32 Å². The van der Waals surface area contributed by atoms with Gasteiger partial charge >= 0.3 is 0 Å². The van der Waals surface area contributed by atoms with E-state index in [0.717, 1.165) is 18.6 Å². The summed E-state index contributed by atoms with van der Waals surface area (Å²) in [7, 11) is 0. The van der Waals surface area contributed by atoms with Crippen molar-refractivity contribution >= 4 is 28.5 Å². The normalized spacial score (nSPS) is 14.9. The molecule has 110 valence electrons. The van der Waals surface area contributed by atoms with Crippen LogP contribution in [0.3, 0.4) is 0 Å². The van der Waals surface area contributed by atoms with Crippen LogP contribution in [0.5, 0.6) is 0 Å². The molecule has 1 N–H and O–H groups in total. The number of fused-ring (bicyclic) bond motifs is 1. The Balaban J connectivity index is 1.63. The van der Waals surface area contributed by atoms with Gasteiger partial charge in [0.05, 0.1) is 5.69 Å². The van der Waals surface area contributed by atoms with E-state index < -0.39 is 0 Å². The van der Waals surface area contributed by atoms with Crippen LogP contribution in [0.2, 0.25) is 0 Å². The van der Waals surface area contributed by atoms with Crippen LogP contribution in [0.4, 0.5) is 5.13 Å². The quantitative estimate of drug-likeness (QED) is 0.689. The number of carbonyl (C=O) groups excluding carboxylic acids is 1. The number of thiazole rings is 1. The minimum atomic E-state index is -0.173. The van der Waals surface area contributed by atoms with Gasteiger partial charge < -0.3 is 4.42 Å². The van der Waals surface area contributed by atoms with Crippen molar-refractivity contribution in [2.24, 2.45) is 0 Å². The van der Waals surface area contributed by atoms with Gasteiger partial charge in [0, 0.05) is 11.0 Å². The summed E-state index contributed by atoms with van der Waals surface area (Å²) in [6.07, 6.45) is 8.96. The zero-order valence-corrected chi connectivity index (χ0v) is 12.8. The molecule has 0 saturated heterocycles. The lowest BCUT2D eigenvalue weighted by atomic mass is 10.2. The Labute approximate surface area is 127 Å². The van der Waals surface area contributed by atoms with Gasteiger partial charge in [-0.05, 0) is 50.8 Å². The molecule has 0 bridgehead atoms. The number of rotatable bonds is 3. The van der Waals surface area contributed by atoms with Crippen molar-refractivity contribution in [2.45, 2.75) is 39.0 Å². The van der Waals surface area contributed by atoms with Gasteiger partial charge in [-0.1, -0.05) is 6.42 Å². The number of carbonyl (C=O) groups is 1. The van der Waals surface area contributed by atoms with Crippen LogP contribution < -0.4 is 5.32 Å². The molecule has 2 aromatic heterocycles. The van der Waals surface area contributed by atoms with E-state index in [9.17, 15) is 4.79 Å². The third-order valence-corrected chi connectivity index (χ3v) is 4.56. The molecule has 0 radical (unpaired) electrons. The number of aryl methyl sites for hydroxylation is 3. The van der Waals surface area contributed by atoms with Crippen LogP contribution in [-0.2, 0) is 17.6 Å². The number of nitrogens with one attached hydrogen (secondary N) is 1. The van der Waals surface area contributed by atoms with Crippen molar-refractivity contribution < 1.29 is 9.21 Å². The molecule has 0 spiro atoms. The lowest BCUT2D eigenvalue weighted by Crippen LogP contribution is -2.07. The first-order valence-corrected chi connectivity index (χ1v) is 8.06. The summed E-state index contributed by atoms with van der Waals surface area (Å²) in [5.41, 5.74) is 1.17. The molecule has 2 aromatic rings. The second-order valence-electron chi connectivity index (χ2n) is 5.22. The Morgan fingerprint density at radius 1 is 1.33 bits per heavy atom. The van der Waals surface area contributed by atoms with Gasteiger partial charge in [-0.3, -0.25) is 10.1 Å². The van der Waals surface area contributed by atoms with Crippen LogP contribution in [0.15, 0.2) is 22.6 Å². The minimum absolute atomic E-state index is 0.173. The molecule has 0 aliphatic heterocycles. The minimum Gasteiger partial charge on any atom is -0.462 e. The lowest BCUT2D eigenvalue weighted by Gasteiger charge is -1.96. The summed E-state index contributed by atoms with van der Waals surface area (Å²) in [5, 5.41) is 3.54. The molecular formula is C16H18N2O2S. The van der Waals surface area contributed by atoms with E-state index in [1.54, 1.807) is 17.4 Å². The summed E-state index contributed by atoms with van der Waals surface area (Å²) in [6.45, 7) is 1.88. The molecule has 5 heteroatoms. The van der Waals surface area contributed by atoms with Gasteiger partial charge in [-0.2, -0.15) is 0 Å². The molecule has 0 unspecified atom stereocenters. The highest BCUT2D eigenvalue weighted by atomic mass is 32.1. The molecule has 2 heterocycles. The Bertz CT molecular complexity index is 646. The highest BCUT2D eigenvalue weighted by Gasteiger charge is 2.14. The Hall–Kier alpha value is -1.88. The number of aromatic nitrogens is 1.